The van der Waals surface area contributed by atoms with Crippen molar-refractivity contribution in [3.05, 3.63) is 29.8 Å². The Morgan fingerprint density at radius 3 is 2.06 bits per heavy atom. The van der Waals surface area contributed by atoms with Gasteiger partial charge in [-0.05, 0) is 23.1 Å². The Bertz CT molecular complexity index is 368. The molecule has 0 aliphatic carbocycles. The summed E-state index contributed by atoms with van der Waals surface area (Å²) < 4.78 is 4.95. The van der Waals surface area contributed by atoms with Crippen molar-refractivity contribution in [2.45, 2.75) is 33.7 Å². The van der Waals surface area contributed by atoms with Gasteiger partial charge in [0.1, 0.15) is 5.75 Å². The number of carbonyl (C=O) groups is 1. The minimum Gasteiger partial charge on any atom is -0.427 e. The molecule has 1 atom stereocenters. The van der Waals surface area contributed by atoms with Crippen LogP contribution in [0.25, 0.3) is 0 Å². The van der Waals surface area contributed by atoms with E-state index in [1.807, 2.05) is 12.1 Å². The Labute approximate surface area is 109 Å². The van der Waals surface area contributed by atoms with E-state index in [9.17, 15) is 4.79 Å². The second kappa shape index (κ2) is 6.03. The van der Waals surface area contributed by atoms with Crippen molar-refractivity contribution < 1.29 is 9.53 Å². The zero-order valence-electron chi connectivity index (χ0n) is 10.7. The van der Waals surface area contributed by atoms with Gasteiger partial charge < -0.3 is 10.5 Å². The number of halogens is 1. The molecule has 2 N–H and O–H groups in total. The van der Waals surface area contributed by atoms with Gasteiger partial charge in [-0.1, -0.05) is 32.9 Å². The number of carbonyl (C=O) groups excluding carboxylic acids is 1. The van der Waals surface area contributed by atoms with Crippen LogP contribution in [0.5, 0.6) is 5.75 Å². The van der Waals surface area contributed by atoms with Crippen LogP contribution in [0.2, 0.25) is 0 Å². The van der Waals surface area contributed by atoms with E-state index in [0.717, 1.165) is 5.56 Å². The highest BCUT2D eigenvalue weighted by Gasteiger charge is 2.21. The molecule has 1 rings (SSSR count). The molecule has 0 aliphatic heterocycles. The van der Waals surface area contributed by atoms with Gasteiger partial charge in [0.25, 0.3) is 0 Å². The predicted molar refractivity (Wildman–Crippen MR) is 71.4 cm³/mol. The molecule has 1 aromatic rings. The summed E-state index contributed by atoms with van der Waals surface area (Å²) in [6, 6.07) is 7.30. The molecule has 1 aromatic carbocycles. The second-order valence-electron chi connectivity index (χ2n) is 5.01. The van der Waals surface area contributed by atoms with E-state index in [0.29, 0.717) is 5.75 Å². The Hall–Kier alpha value is -1.06. The molecule has 96 valence electrons. The Balaban J connectivity index is 0.00000256. The highest BCUT2D eigenvalue weighted by molar-refractivity contribution is 5.85. The molecule has 4 heteroatoms. The van der Waals surface area contributed by atoms with Crippen LogP contribution in [-0.4, -0.2) is 5.97 Å². The first-order valence-electron chi connectivity index (χ1n) is 5.34. The van der Waals surface area contributed by atoms with Crippen molar-refractivity contribution in [2.75, 3.05) is 0 Å². The van der Waals surface area contributed by atoms with Crippen LogP contribution in [0, 0.1) is 5.41 Å². The average molecular weight is 258 g/mol. The van der Waals surface area contributed by atoms with Crippen molar-refractivity contribution in [1.29, 1.82) is 0 Å². The lowest BCUT2D eigenvalue weighted by molar-refractivity contribution is -0.131. The number of esters is 1. The summed E-state index contributed by atoms with van der Waals surface area (Å²) in [6.45, 7) is 7.67. The zero-order chi connectivity index (χ0) is 12.3. The van der Waals surface area contributed by atoms with Crippen LogP contribution < -0.4 is 10.5 Å². The molecule has 0 aromatic heterocycles. The van der Waals surface area contributed by atoms with Gasteiger partial charge in [-0.2, -0.15) is 0 Å². The Morgan fingerprint density at radius 2 is 1.71 bits per heavy atom. The summed E-state index contributed by atoms with van der Waals surface area (Å²) >= 11 is 0. The van der Waals surface area contributed by atoms with Crippen LogP contribution in [-0.2, 0) is 4.79 Å². The van der Waals surface area contributed by atoms with Gasteiger partial charge in [-0.3, -0.25) is 4.79 Å². The summed E-state index contributed by atoms with van der Waals surface area (Å²) in [5.74, 6) is 0.241. The highest BCUT2D eigenvalue weighted by Crippen LogP contribution is 2.31. The van der Waals surface area contributed by atoms with Crippen LogP contribution in [0.3, 0.4) is 0 Å². The third kappa shape index (κ3) is 4.75. The third-order valence-corrected chi connectivity index (χ3v) is 2.43. The van der Waals surface area contributed by atoms with Crippen LogP contribution in [0.15, 0.2) is 24.3 Å². The van der Waals surface area contributed by atoms with Crippen molar-refractivity contribution >= 4 is 18.4 Å². The molecule has 0 saturated carbocycles. The molecule has 3 nitrogen and oxygen atoms in total. The second-order valence-corrected chi connectivity index (χ2v) is 5.01. The van der Waals surface area contributed by atoms with Gasteiger partial charge in [-0.15, -0.1) is 12.4 Å². The van der Waals surface area contributed by atoms with Crippen LogP contribution >= 0.6 is 12.4 Å². The van der Waals surface area contributed by atoms with Gasteiger partial charge in [0.15, 0.2) is 0 Å². The average Bonchev–Trinajstić information content (AvgIpc) is 2.15. The first-order chi connectivity index (χ1) is 7.30. The lowest BCUT2D eigenvalue weighted by Crippen LogP contribution is -2.26. The fourth-order valence-corrected chi connectivity index (χ4v) is 1.41. The maximum Gasteiger partial charge on any atom is 0.308 e. The largest absolute Gasteiger partial charge is 0.427 e. The molecular formula is C13H20ClNO2. The molecule has 0 unspecified atom stereocenters. The van der Waals surface area contributed by atoms with Crippen molar-refractivity contribution in [2.24, 2.45) is 11.1 Å². The van der Waals surface area contributed by atoms with Gasteiger partial charge in [0.05, 0.1) is 0 Å². The topological polar surface area (TPSA) is 52.3 Å². The van der Waals surface area contributed by atoms with E-state index in [-0.39, 0.29) is 29.8 Å². The summed E-state index contributed by atoms with van der Waals surface area (Å²) in [4.78, 5) is 10.7. The number of rotatable bonds is 2. The predicted octanol–water partition coefficient (Wildman–Crippen LogP) is 3.08. The normalized spacial score (nSPS) is 12.5. The summed E-state index contributed by atoms with van der Waals surface area (Å²) in [5.41, 5.74) is 7.18. The standard InChI is InChI=1S/C13H19NO2.ClH/c1-9(15)16-11-7-5-10(6-8-11)12(14)13(2,3)4;/h5-8,12H,14H2,1-4H3;1H/t12-;/m0./s1. The number of benzene rings is 1. The number of hydrogen-bond acceptors (Lipinski definition) is 3. The van der Waals surface area contributed by atoms with E-state index in [2.05, 4.69) is 20.8 Å². The number of ether oxygens (including phenoxy) is 1. The number of hydrogen-bond donors (Lipinski definition) is 1. The first kappa shape index (κ1) is 15.9. The summed E-state index contributed by atoms with van der Waals surface area (Å²) in [5, 5.41) is 0. The molecule has 0 amide bonds. The summed E-state index contributed by atoms with van der Waals surface area (Å²) in [7, 11) is 0. The van der Waals surface area contributed by atoms with E-state index in [1.165, 1.54) is 6.92 Å². The lowest BCUT2D eigenvalue weighted by Gasteiger charge is -2.27. The third-order valence-electron chi connectivity index (χ3n) is 2.43. The Morgan fingerprint density at radius 1 is 1.24 bits per heavy atom. The maximum atomic E-state index is 10.7. The molecule has 0 saturated heterocycles. The first-order valence-corrected chi connectivity index (χ1v) is 5.34. The fraction of sp³-hybridized carbons (Fsp3) is 0.462. The van der Waals surface area contributed by atoms with Crippen molar-refractivity contribution in [1.82, 2.24) is 0 Å². The number of nitrogens with two attached hydrogens (primary N) is 1. The van der Waals surface area contributed by atoms with Gasteiger partial charge in [0.2, 0.25) is 0 Å². The van der Waals surface area contributed by atoms with Crippen molar-refractivity contribution in [3.63, 3.8) is 0 Å². The van der Waals surface area contributed by atoms with E-state index in [1.54, 1.807) is 12.1 Å². The lowest BCUT2D eigenvalue weighted by atomic mass is 9.83. The molecular weight excluding hydrogens is 238 g/mol. The molecule has 0 aliphatic rings. The molecule has 0 bridgehead atoms. The molecule has 17 heavy (non-hydrogen) atoms. The van der Waals surface area contributed by atoms with Gasteiger partial charge >= 0.3 is 5.97 Å². The van der Waals surface area contributed by atoms with Crippen molar-refractivity contribution in [3.8, 4) is 5.75 Å². The monoisotopic (exact) mass is 257 g/mol. The maximum absolute atomic E-state index is 10.7. The minimum absolute atomic E-state index is 0. The molecule has 0 fully saturated rings. The highest BCUT2D eigenvalue weighted by atomic mass is 35.5. The van der Waals surface area contributed by atoms with Crippen LogP contribution in [0.4, 0.5) is 0 Å². The van der Waals surface area contributed by atoms with Crippen LogP contribution in [0.1, 0.15) is 39.3 Å². The SMILES string of the molecule is CC(=O)Oc1ccc([C@H](N)C(C)(C)C)cc1.Cl. The minimum atomic E-state index is -0.312. The van der Waals surface area contributed by atoms with E-state index >= 15 is 0 Å². The van der Waals surface area contributed by atoms with E-state index in [4.69, 9.17) is 10.5 Å². The summed E-state index contributed by atoms with van der Waals surface area (Å²) in [6.07, 6.45) is 0. The molecule has 0 radical (unpaired) electrons. The Kier molecular flexibility index (Phi) is 5.66. The smallest absolute Gasteiger partial charge is 0.308 e. The zero-order valence-corrected chi connectivity index (χ0v) is 11.5. The quantitative estimate of drug-likeness (QED) is 0.654. The van der Waals surface area contributed by atoms with Gasteiger partial charge in [-0.25, -0.2) is 0 Å². The van der Waals surface area contributed by atoms with Gasteiger partial charge in [0, 0.05) is 13.0 Å². The molecule has 0 heterocycles. The van der Waals surface area contributed by atoms with E-state index < -0.39 is 0 Å². The molecule has 0 spiro atoms. The fourth-order valence-electron chi connectivity index (χ4n) is 1.41.